The summed E-state index contributed by atoms with van der Waals surface area (Å²) in [6, 6.07) is 8.03. The fraction of sp³-hybridized carbons (Fsp3) is 0.267. The number of aryl methyl sites for hydroxylation is 1. The standard InChI is InChI=1S/C15H16BrFN2O/c1-2-3-12-6-10(9-18)7-15(19-12)20-14-8-11(17)4-5-13(14)16/h4-8H,2-3,9,18H2,1H3. The van der Waals surface area contributed by atoms with Gasteiger partial charge in [0, 0.05) is 24.4 Å². The maximum absolute atomic E-state index is 13.3. The van der Waals surface area contributed by atoms with E-state index >= 15 is 0 Å². The van der Waals surface area contributed by atoms with Crippen LogP contribution < -0.4 is 10.5 Å². The Balaban J connectivity index is 2.32. The van der Waals surface area contributed by atoms with Crippen molar-refractivity contribution < 1.29 is 9.13 Å². The Morgan fingerprint density at radius 1 is 1.30 bits per heavy atom. The zero-order chi connectivity index (χ0) is 14.5. The number of benzene rings is 1. The fourth-order valence-corrected chi connectivity index (χ4v) is 2.17. The highest BCUT2D eigenvalue weighted by Gasteiger charge is 2.08. The second kappa shape index (κ2) is 6.81. The van der Waals surface area contributed by atoms with Crippen LogP contribution in [0, 0.1) is 5.82 Å². The zero-order valence-electron chi connectivity index (χ0n) is 11.2. The SMILES string of the molecule is CCCc1cc(CN)cc(Oc2cc(F)ccc2Br)n1. The molecule has 0 amide bonds. The number of aromatic nitrogens is 1. The van der Waals surface area contributed by atoms with Gasteiger partial charge in [-0.1, -0.05) is 13.3 Å². The molecule has 2 aromatic rings. The molecule has 0 bridgehead atoms. The molecule has 1 heterocycles. The van der Waals surface area contributed by atoms with Crippen molar-refractivity contribution in [3.8, 4) is 11.6 Å². The Kier molecular flexibility index (Phi) is 5.09. The van der Waals surface area contributed by atoms with E-state index < -0.39 is 0 Å². The molecule has 2 N–H and O–H groups in total. The van der Waals surface area contributed by atoms with Gasteiger partial charge in [0.05, 0.1) is 4.47 Å². The molecule has 0 saturated heterocycles. The summed E-state index contributed by atoms with van der Waals surface area (Å²) >= 11 is 3.33. The molecule has 0 radical (unpaired) electrons. The molecule has 0 atom stereocenters. The zero-order valence-corrected chi connectivity index (χ0v) is 12.8. The van der Waals surface area contributed by atoms with Crippen LogP contribution in [-0.2, 0) is 13.0 Å². The Hall–Kier alpha value is -1.46. The number of hydrogen-bond acceptors (Lipinski definition) is 3. The summed E-state index contributed by atoms with van der Waals surface area (Å²) in [7, 11) is 0. The van der Waals surface area contributed by atoms with Crippen LogP contribution in [0.25, 0.3) is 0 Å². The molecular formula is C15H16BrFN2O. The van der Waals surface area contributed by atoms with Crippen LogP contribution in [-0.4, -0.2) is 4.98 Å². The maximum Gasteiger partial charge on any atom is 0.219 e. The van der Waals surface area contributed by atoms with Gasteiger partial charge in [-0.3, -0.25) is 0 Å². The molecule has 0 aliphatic rings. The number of halogens is 2. The smallest absolute Gasteiger partial charge is 0.219 e. The quantitative estimate of drug-likeness (QED) is 0.889. The van der Waals surface area contributed by atoms with Crippen molar-refractivity contribution in [2.75, 3.05) is 0 Å². The molecule has 20 heavy (non-hydrogen) atoms. The molecule has 0 unspecified atom stereocenters. The summed E-state index contributed by atoms with van der Waals surface area (Å²) in [5.41, 5.74) is 7.56. The summed E-state index contributed by atoms with van der Waals surface area (Å²) in [4.78, 5) is 4.42. The Labute approximate surface area is 126 Å². The van der Waals surface area contributed by atoms with E-state index in [-0.39, 0.29) is 5.82 Å². The van der Waals surface area contributed by atoms with E-state index in [9.17, 15) is 4.39 Å². The van der Waals surface area contributed by atoms with E-state index in [1.807, 2.05) is 6.07 Å². The van der Waals surface area contributed by atoms with Crippen molar-refractivity contribution >= 4 is 15.9 Å². The van der Waals surface area contributed by atoms with Crippen LogP contribution in [0.5, 0.6) is 11.6 Å². The lowest BCUT2D eigenvalue weighted by molar-refractivity contribution is 0.452. The Morgan fingerprint density at radius 2 is 2.10 bits per heavy atom. The molecular weight excluding hydrogens is 323 g/mol. The summed E-state index contributed by atoms with van der Waals surface area (Å²) < 4.78 is 19.6. The Bertz CT molecular complexity index is 604. The lowest BCUT2D eigenvalue weighted by Crippen LogP contribution is -2.01. The van der Waals surface area contributed by atoms with Crippen molar-refractivity contribution in [3.63, 3.8) is 0 Å². The molecule has 2 rings (SSSR count). The molecule has 0 fully saturated rings. The predicted octanol–water partition coefficient (Wildman–Crippen LogP) is 4.19. The van der Waals surface area contributed by atoms with Gasteiger partial charge in [-0.25, -0.2) is 9.37 Å². The largest absolute Gasteiger partial charge is 0.438 e. The minimum Gasteiger partial charge on any atom is -0.438 e. The van der Waals surface area contributed by atoms with Gasteiger partial charge in [0.15, 0.2) is 0 Å². The Morgan fingerprint density at radius 3 is 2.80 bits per heavy atom. The highest BCUT2D eigenvalue weighted by Crippen LogP contribution is 2.30. The van der Waals surface area contributed by atoms with Gasteiger partial charge >= 0.3 is 0 Å². The maximum atomic E-state index is 13.3. The van der Waals surface area contributed by atoms with E-state index in [1.54, 1.807) is 12.1 Å². The normalized spacial score (nSPS) is 10.6. The van der Waals surface area contributed by atoms with E-state index in [0.717, 1.165) is 24.1 Å². The molecule has 106 valence electrons. The molecule has 0 aliphatic heterocycles. The first kappa shape index (κ1) is 14.9. The highest BCUT2D eigenvalue weighted by atomic mass is 79.9. The number of nitrogens with two attached hydrogens (primary N) is 1. The summed E-state index contributed by atoms with van der Waals surface area (Å²) in [5, 5.41) is 0. The van der Waals surface area contributed by atoms with E-state index in [1.165, 1.54) is 12.1 Å². The number of ether oxygens (including phenoxy) is 1. The minimum absolute atomic E-state index is 0.355. The molecule has 1 aromatic carbocycles. The third kappa shape index (κ3) is 3.77. The molecule has 0 spiro atoms. The summed E-state index contributed by atoms with van der Waals surface area (Å²) in [6.45, 7) is 2.50. The van der Waals surface area contributed by atoms with E-state index in [4.69, 9.17) is 10.5 Å². The second-order valence-corrected chi connectivity index (χ2v) is 5.29. The van der Waals surface area contributed by atoms with E-state index in [2.05, 4.69) is 27.8 Å². The van der Waals surface area contributed by atoms with Crippen LogP contribution in [0.2, 0.25) is 0 Å². The van der Waals surface area contributed by atoms with Crippen LogP contribution >= 0.6 is 15.9 Å². The fourth-order valence-electron chi connectivity index (χ4n) is 1.84. The predicted molar refractivity (Wildman–Crippen MR) is 80.3 cm³/mol. The van der Waals surface area contributed by atoms with Crippen LogP contribution in [0.4, 0.5) is 4.39 Å². The van der Waals surface area contributed by atoms with Crippen molar-refractivity contribution in [3.05, 3.63) is 51.9 Å². The third-order valence-electron chi connectivity index (χ3n) is 2.76. The average Bonchev–Trinajstić information content (AvgIpc) is 2.43. The van der Waals surface area contributed by atoms with Crippen molar-refractivity contribution in [1.29, 1.82) is 0 Å². The number of pyridine rings is 1. The van der Waals surface area contributed by atoms with Gasteiger partial charge in [0.1, 0.15) is 11.6 Å². The van der Waals surface area contributed by atoms with E-state index in [0.29, 0.717) is 22.6 Å². The third-order valence-corrected chi connectivity index (χ3v) is 3.42. The van der Waals surface area contributed by atoms with Gasteiger partial charge in [-0.15, -0.1) is 0 Å². The molecule has 5 heteroatoms. The first-order valence-corrected chi connectivity index (χ1v) is 7.24. The summed E-state index contributed by atoms with van der Waals surface area (Å²) in [5.74, 6) is 0.476. The second-order valence-electron chi connectivity index (χ2n) is 4.44. The number of rotatable bonds is 5. The molecule has 1 aromatic heterocycles. The number of nitrogens with zero attached hydrogens (tertiary/aromatic N) is 1. The van der Waals surface area contributed by atoms with Gasteiger partial charge in [0.2, 0.25) is 5.88 Å². The monoisotopic (exact) mass is 338 g/mol. The van der Waals surface area contributed by atoms with Crippen LogP contribution in [0.1, 0.15) is 24.6 Å². The average molecular weight is 339 g/mol. The number of hydrogen-bond donors (Lipinski definition) is 1. The lowest BCUT2D eigenvalue weighted by Gasteiger charge is -2.10. The topological polar surface area (TPSA) is 48.1 Å². The van der Waals surface area contributed by atoms with Gasteiger partial charge in [-0.2, -0.15) is 0 Å². The van der Waals surface area contributed by atoms with Gasteiger partial charge in [-0.05, 0) is 46.1 Å². The van der Waals surface area contributed by atoms with Crippen LogP contribution in [0.15, 0.2) is 34.8 Å². The molecule has 0 aliphatic carbocycles. The van der Waals surface area contributed by atoms with Crippen LogP contribution in [0.3, 0.4) is 0 Å². The van der Waals surface area contributed by atoms with Crippen molar-refractivity contribution in [2.24, 2.45) is 5.73 Å². The highest BCUT2D eigenvalue weighted by molar-refractivity contribution is 9.10. The van der Waals surface area contributed by atoms with Gasteiger partial charge < -0.3 is 10.5 Å². The van der Waals surface area contributed by atoms with Gasteiger partial charge in [0.25, 0.3) is 0 Å². The summed E-state index contributed by atoms with van der Waals surface area (Å²) in [6.07, 6.45) is 1.85. The minimum atomic E-state index is -0.355. The first-order chi connectivity index (χ1) is 9.62. The van der Waals surface area contributed by atoms with Crippen molar-refractivity contribution in [2.45, 2.75) is 26.3 Å². The first-order valence-electron chi connectivity index (χ1n) is 6.45. The molecule has 0 saturated carbocycles. The lowest BCUT2D eigenvalue weighted by atomic mass is 10.1. The van der Waals surface area contributed by atoms with Crippen molar-refractivity contribution in [1.82, 2.24) is 4.98 Å². The molecule has 3 nitrogen and oxygen atoms in total.